The second kappa shape index (κ2) is 10.1. The summed E-state index contributed by atoms with van der Waals surface area (Å²) in [5, 5.41) is 9.56. The number of carbonyl (C=O) groups is 2. The Labute approximate surface area is 174 Å². The number of benzene rings is 1. The zero-order valence-corrected chi connectivity index (χ0v) is 17.5. The van der Waals surface area contributed by atoms with E-state index in [9.17, 15) is 9.59 Å². The molecule has 0 saturated carbocycles. The predicted octanol–water partition coefficient (Wildman–Crippen LogP) is 2.34. The summed E-state index contributed by atoms with van der Waals surface area (Å²) in [5.41, 5.74) is 1.33. The Balaban J connectivity index is 1.42. The van der Waals surface area contributed by atoms with Crippen LogP contribution in [0.25, 0.3) is 0 Å². The second-order valence-corrected chi connectivity index (χ2v) is 7.41. The Kier molecular flexibility index (Phi) is 7.31. The summed E-state index contributed by atoms with van der Waals surface area (Å²) in [5.74, 6) is 1.20. The van der Waals surface area contributed by atoms with Crippen molar-refractivity contribution in [1.82, 2.24) is 15.1 Å². The van der Waals surface area contributed by atoms with E-state index in [-0.39, 0.29) is 11.9 Å². The fourth-order valence-electron chi connectivity index (χ4n) is 3.08. The van der Waals surface area contributed by atoms with Gasteiger partial charge in [0.15, 0.2) is 0 Å². The number of thiophene rings is 1. The molecule has 1 fully saturated rings. The highest BCUT2D eigenvalue weighted by Gasteiger charge is 2.21. The van der Waals surface area contributed by atoms with Crippen molar-refractivity contribution in [3.63, 3.8) is 0 Å². The first-order valence-electron chi connectivity index (χ1n) is 9.41. The monoisotopic (exact) mass is 418 g/mol. The maximum absolute atomic E-state index is 12.6. The Bertz CT molecular complexity index is 798. The van der Waals surface area contributed by atoms with Crippen LogP contribution in [0.2, 0.25) is 0 Å². The molecule has 3 rings (SSSR count). The first kappa shape index (κ1) is 20.9. The number of urea groups is 1. The first-order chi connectivity index (χ1) is 14.1. The molecule has 0 atom stereocenters. The van der Waals surface area contributed by atoms with Crippen LogP contribution in [0.15, 0.2) is 35.0 Å². The molecule has 1 aliphatic rings. The van der Waals surface area contributed by atoms with Crippen molar-refractivity contribution in [2.75, 3.05) is 58.8 Å². The van der Waals surface area contributed by atoms with Crippen LogP contribution in [0.5, 0.6) is 11.5 Å². The minimum Gasteiger partial charge on any atom is -0.497 e. The molecule has 0 spiro atoms. The number of nitrogens with one attached hydrogen (secondary N) is 2. The topological polar surface area (TPSA) is 83.1 Å². The summed E-state index contributed by atoms with van der Waals surface area (Å²) in [6.45, 7) is 4.14. The van der Waals surface area contributed by atoms with Crippen molar-refractivity contribution in [2.45, 2.75) is 0 Å². The number of nitrogens with zero attached hydrogens (tertiary/aromatic N) is 2. The van der Waals surface area contributed by atoms with Crippen LogP contribution in [-0.4, -0.2) is 75.2 Å². The van der Waals surface area contributed by atoms with Crippen molar-refractivity contribution in [2.24, 2.45) is 0 Å². The molecule has 2 aromatic rings. The van der Waals surface area contributed by atoms with Crippen LogP contribution < -0.4 is 20.1 Å². The van der Waals surface area contributed by atoms with Crippen LogP contribution in [0.1, 0.15) is 10.4 Å². The van der Waals surface area contributed by atoms with Crippen molar-refractivity contribution in [3.8, 4) is 11.5 Å². The predicted molar refractivity (Wildman–Crippen MR) is 113 cm³/mol. The number of rotatable bonds is 7. The smallest absolute Gasteiger partial charge is 0.321 e. The van der Waals surface area contributed by atoms with Gasteiger partial charge in [0.2, 0.25) is 0 Å². The minimum absolute atomic E-state index is 0.0435. The van der Waals surface area contributed by atoms with E-state index in [0.717, 1.165) is 19.6 Å². The quantitative estimate of drug-likeness (QED) is 0.721. The number of carbonyl (C=O) groups excluding carboxylic acids is 2. The highest BCUT2D eigenvalue weighted by molar-refractivity contribution is 7.08. The molecule has 0 aliphatic carbocycles. The Morgan fingerprint density at radius 3 is 2.34 bits per heavy atom. The molecule has 0 bridgehead atoms. The van der Waals surface area contributed by atoms with Gasteiger partial charge in [-0.05, 0) is 11.4 Å². The SMILES string of the molecule is COc1cc(NC(=O)N2CCN(CCNC(=O)c3ccsc3)CC2)cc(OC)c1. The molecule has 2 N–H and O–H groups in total. The standard InChI is InChI=1S/C20H26N4O4S/c1-27-17-11-16(12-18(13-17)28-2)22-20(26)24-8-6-23(7-9-24)5-4-21-19(25)15-3-10-29-14-15/h3,10-14H,4-9H2,1-2H3,(H,21,25)(H,22,26). The molecule has 1 aromatic heterocycles. The summed E-state index contributed by atoms with van der Waals surface area (Å²) >= 11 is 1.51. The molecule has 156 valence electrons. The van der Waals surface area contributed by atoms with Crippen molar-refractivity contribution in [1.29, 1.82) is 0 Å². The van der Waals surface area contributed by atoms with E-state index in [1.165, 1.54) is 11.3 Å². The summed E-state index contributed by atoms with van der Waals surface area (Å²) in [6.07, 6.45) is 0. The van der Waals surface area contributed by atoms with Gasteiger partial charge in [-0.15, -0.1) is 0 Å². The molecule has 3 amide bonds. The highest BCUT2D eigenvalue weighted by Crippen LogP contribution is 2.26. The molecule has 0 radical (unpaired) electrons. The van der Waals surface area contributed by atoms with Gasteiger partial charge in [0.05, 0.1) is 14.2 Å². The third kappa shape index (κ3) is 5.85. The van der Waals surface area contributed by atoms with E-state index in [4.69, 9.17) is 9.47 Å². The van der Waals surface area contributed by atoms with E-state index < -0.39 is 0 Å². The van der Waals surface area contributed by atoms with Gasteiger partial charge >= 0.3 is 6.03 Å². The maximum atomic E-state index is 12.6. The molecule has 9 heteroatoms. The van der Waals surface area contributed by atoms with Gasteiger partial charge in [-0.3, -0.25) is 9.69 Å². The molecule has 8 nitrogen and oxygen atoms in total. The molecule has 1 aliphatic heterocycles. The van der Waals surface area contributed by atoms with Gasteiger partial charge in [-0.2, -0.15) is 11.3 Å². The number of piperazine rings is 1. The van der Waals surface area contributed by atoms with E-state index in [0.29, 0.717) is 42.4 Å². The average molecular weight is 419 g/mol. The third-order valence-corrected chi connectivity index (χ3v) is 5.44. The lowest BCUT2D eigenvalue weighted by Gasteiger charge is -2.34. The number of ether oxygens (including phenoxy) is 2. The molecule has 29 heavy (non-hydrogen) atoms. The molecule has 1 aromatic carbocycles. The largest absolute Gasteiger partial charge is 0.497 e. The third-order valence-electron chi connectivity index (χ3n) is 4.76. The summed E-state index contributed by atoms with van der Waals surface area (Å²) in [6, 6.07) is 6.94. The lowest BCUT2D eigenvalue weighted by molar-refractivity contribution is 0.0943. The molecule has 0 unspecified atom stereocenters. The van der Waals surface area contributed by atoms with Crippen molar-refractivity contribution < 1.29 is 19.1 Å². The fourth-order valence-corrected chi connectivity index (χ4v) is 3.72. The van der Waals surface area contributed by atoms with Gasteiger partial charge in [0.1, 0.15) is 11.5 Å². The summed E-state index contributed by atoms with van der Waals surface area (Å²) in [4.78, 5) is 28.5. The van der Waals surface area contributed by atoms with Crippen LogP contribution in [-0.2, 0) is 0 Å². The summed E-state index contributed by atoms with van der Waals surface area (Å²) in [7, 11) is 3.14. The Morgan fingerprint density at radius 2 is 1.76 bits per heavy atom. The first-order valence-corrected chi connectivity index (χ1v) is 10.3. The van der Waals surface area contributed by atoms with Crippen molar-refractivity contribution in [3.05, 3.63) is 40.6 Å². The van der Waals surface area contributed by atoms with E-state index >= 15 is 0 Å². The number of methoxy groups -OCH3 is 2. The highest BCUT2D eigenvalue weighted by atomic mass is 32.1. The molecular formula is C20H26N4O4S. The van der Waals surface area contributed by atoms with Crippen LogP contribution >= 0.6 is 11.3 Å². The van der Waals surface area contributed by atoms with Gasteiger partial charge in [0.25, 0.3) is 5.91 Å². The summed E-state index contributed by atoms with van der Waals surface area (Å²) < 4.78 is 10.5. The number of hydrogen-bond donors (Lipinski definition) is 2. The molecular weight excluding hydrogens is 392 g/mol. The van der Waals surface area contributed by atoms with Gasteiger partial charge < -0.3 is 25.0 Å². The molecule has 2 heterocycles. The second-order valence-electron chi connectivity index (χ2n) is 6.63. The van der Waals surface area contributed by atoms with E-state index in [1.54, 1.807) is 37.3 Å². The lowest BCUT2D eigenvalue weighted by atomic mass is 10.2. The average Bonchev–Trinajstić information content (AvgIpc) is 3.29. The number of hydrogen-bond acceptors (Lipinski definition) is 6. The minimum atomic E-state index is -0.147. The number of anilines is 1. The van der Waals surface area contributed by atoms with Gasteiger partial charge in [-0.25, -0.2) is 4.79 Å². The van der Waals surface area contributed by atoms with E-state index in [2.05, 4.69) is 15.5 Å². The number of amides is 3. The van der Waals surface area contributed by atoms with Crippen LogP contribution in [0.3, 0.4) is 0 Å². The zero-order valence-electron chi connectivity index (χ0n) is 16.6. The van der Waals surface area contributed by atoms with Crippen LogP contribution in [0.4, 0.5) is 10.5 Å². The Morgan fingerprint density at radius 1 is 1.07 bits per heavy atom. The van der Waals surface area contributed by atoms with E-state index in [1.807, 2.05) is 16.8 Å². The lowest BCUT2D eigenvalue weighted by Crippen LogP contribution is -2.51. The van der Waals surface area contributed by atoms with Crippen molar-refractivity contribution >= 4 is 29.0 Å². The normalized spacial score (nSPS) is 14.3. The van der Waals surface area contributed by atoms with Gasteiger partial charge in [0, 0.05) is 74.1 Å². The fraction of sp³-hybridized carbons (Fsp3) is 0.400. The zero-order chi connectivity index (χ0) is 20.6. The van der Waals surface area contributed by atoms with Crippen LogP contribution in [0, 0.1) is 0 Å². The van der Waals surface area contributed by atoms with Gasteiger partial charge in [-0.1, -0.05) is 0 Å². The Hall–Kier alpha value is -2.78. The molecule has 1 saturated heterocycles. The maximum Gasteiger partial charge on any atom is 0.321 e.